The molecule has 1 aromatic heterocycles. The first-order valence-electron chi connectivity index (χ1n) is 3.84. The van der Waals surface area contributed by atoms with Gasteiger partial charge in [-0.25, -0.2) is 0 Å². The molecule has 0 aliphatic rings. The summed E-state index contributed by atoms with van der Waals surface area (Å²) in [6, 6.07) is 0. The molecule has 4 nitrogen and oxygen atoms in total. The summed E-state index contributed by atoms with van der Waals surface area (Å²) in [5.41, 5.74) is 0. The van der Waals surface area contributed by atoms with Crippen LogP contribution in [0.2, 0.25) is 5.15 Å². The number of halogens is 4. The van der Waals surface area contributed by atoms with Crippen molar-refractivity contribution >= 4 is 29.1 Å². The second kappa shape index (κ2) is 4.95. The van der Waals surface area contributed by atoms with Crippen LogP contribution in [0.1, 0.15) is 0 Å². The quantitative estimate of drug-likeness (QED) is 0.894. The van der Waals surface area contributed by atoms with Crippen molar-refractivity contribution < 1.29 is 18.3 Å². The van der Waals surface area contributed by atoms with Gasteiger partial charge in [0.2, 0.25) is 0 Å². The number of rotatable bonds is 4. The molecular weight excluding hydrogens is 255 g/mol. The molecule has 0 aliphatic heterocycles. The molecule has 9 heteroatoms. The zero-order valence-corrected chi connectivity index (χ0v) is 8.90. The first-order chi connectivity index (χ1) is 6.94. The zero-order valence-electron chi connectivity index (χ0n) is 7.33. The van der Waals surface area contributed by atoms with Crippen molar-refractivity contribution in [3.63, 3.8) is 0 Å². The Kier molecular flexibility index (Phi) is 4.12. The van der Waals surface area contributed by atoms with Crippen LogP contribution in [0, 0.1) is 0 Å². The molecule has 1 N–H and O–H groups in total. The predicted molar refractivity (Wildman–Crippen MR) is 50.3 cm³/mol. The van der Waals surface area contributed by atoms with Gasteiger partial charge in [0.1, 0.15) is 6.54 Å². The Morgan fingerprint density at radius 3 is 2.47 bits per heavy atom. The van der Waals surface area contributed by atoms with Crippen LogP contribution in [0.15, 0.2) is 0 Å². The lowest BCUT2D eigenvalue weighted by Gasteiger charge is -2.22. The molecule has 0 aliphatic carbocycles. The smallest absolute Gasteiger partial charge is 0.395 e. The SMILES string of the molecule is OCCN(CC(F)(F)F)c1nsnc1Cl. The van der Waals surface area contributed by atoms with E-state index in [4.69, 9.17) is 16.7 Å². The van der Waals surface area contributed by atoms with E-state index < -0.39 is 19.3 Å². The van der Waals surface area contributed by atoms with Crippen molar-refractivity contribution in [2.45, 2.75) is 6.18 Å². The molecule has 0 unspecified atom stereocenters. The van der Waals surface area contributed by atoms with Crippen LogP contribution >= 0.6 is 23.3 Å². The van der Waals surface area contributed by atoms with E-state index in [2.05, 4.69) is 8.75 Å². The highest BCUT2D eigenvalue weighted by Crippen LogP contribution is 2.26. The van der Waals surface area contributed by atoms with E-state index in [0.717, 1.165) is 16.6 Å². The minimum atomic E-state index is -4.37. The lowest BCUT2D eigenvalue weighted by Crippen LogP contribution is -2.36. The summed E-state index contributed by atoms with van der Waals surface area (Å²) in [6.07, 6.45) is -4.37. The van der Waals surface area contributed by atoms with Gasteiger partial charge in [0.15, 0.2) is 11.0 Å². The van der Waals surface area contributed by atoms with Crippen molar-refractivity contribution in [1.82, 2.24) is 8.75 Å². The lowest BCUT2D eigenvalue weighted by atomic mass is 10.4. The van der Waals surface area contributed by atoms with Gasteiger partial charge in [-0.3, -0.25) is 0 Å². The predicted octanol–water partition coefficient (Wildman–Crippen LogP) is 1.55. The van der Waals surface area contributed by atoms with Gasteiger partial charge >= 0.3 is 6.18 Å². The number of hydrogen-bond donors (Lipinski definition) is 1. The fraction of sp³-hybridized carbons (Fsp3) is 0.667. The van der Waals surface area contributed by atoms with Gasteiger partial charge in [-0.05, 0) is 0 Å². The molecule has 1 heterocycles. The van der Waals surface area contributed by atoms with Gasteiger partial charge < -0.3 is 10.0 Å². The van der Waals surface area contributed by atoms with Crippen molar-refractivity contribution in [2.24, 2.45) is 0 Å². The molecule has 1 aromatic rings. The highest BCUT2D eigenvalue weighted by Gasteiger charge is 2.32. The molecular formula is C6H7ClF3N3OS. The van der Waals surface area contributed by atoms with Gasteiger partial charge in [0, 0.05) is 6.54 Å². The normalized spacial score (nSPS) is 11.8. The topological polar surface area (TPSA) is 49.2 Å². The standard InChI is InChI=1S/C6H7ClF3N3OS/c7-4-5(12-15-11-4)13(1-2-14)3-6(8,9)10/h14H,1-3H2. The highest BCUT2D eigenvalue weighted by molar-refractivity contribution is 6.99. The summed E-state index contributed by atoms with van der Waals surface area (Å²) >= 11 is 6.27. The summed E-state index contributed by atoms with van der Waals surface area (Å²) in [4.78, 5) is 0.839. The first-order valence-corrected chi connectivity index (χ1v) is 4.95. The molecule has 0 aromatic carbocycles. The molecule has 86 valence electrons. The average molecular weight is 262 g/mol. The van der Waals surface area contributed by atoms with Crippen LogP contribution in [-0.2, 0) is 0 Å². The number of alkyl halides is 3. The van der Waals surface area contributed by atoms with Crippen molar-refractivity contribution in [1.29, 1.82) is 0 Å². The number of aromatic nitrogens is 2. The number of anilines is 1. The van der Waals surface area contributed by atoms with Crippen LogP contribution in [-0.4, -0.2) is 39.7 Å². The largest absolute Gasteiger partial charge is 0.405 e. The van der Waals surface area contributed by atoms with Crippen LogP contribution < -0.4 is 4.90 Å². The number of aliphatic hydroxyl groups is 1. The molecule has 0 radical (unpaired) electrons. The van der Waals surface area contributed by atoms with E-state index in [0.29, 0.717) is 0 Å². The molecule has 0 saturated heterocycles. The second-order valence-electron chi connectivity index (χ2n) is 2.64. The minimum absolute atomic E-state index is 0.0481. The summed E-state index contributed by atoms with van der Waals surface area (Å²) in [5, 5.41) is 8.54. The van der Waals surface area contributed by atoms with Crippen LogP contribution in [0.4, 0.5) is 19.0 Å². The molecule has 0 atom stereocenters. The Balaban J connectivity index is 2.79. The third kappa shape index (κ3) is 3.80. The Morgan fingerprint density at radius 2 is 2.07 bits per heavy atom. The zero-order chi connectivity index (χ0) is 11.5. The summed E-state index contributed by atoms with van der Waals surface area (Å²) in [5.74, 6) is -0.0481. The van der Waals surface area contributed by atoms with E-state index in [1.807, 2.05) is 0 Å². The highest BCUT2D eigenvalue weighted by atomic mass is 35.5. The fourth-order valence-electron chi connectivity index (χ4n) is 0.959. The third-order valence-corrected chi connectivity index (χ3v) is 2.34. The van der Waals surface area contributed by atoms with E-state index in [-0.39, 0.29) is 17.5 Å². The van der Waals surface area contributed by atoms with E-state index >= 15 is 0 Å². The van der Waals surface area contributed by atoms with Crippen LogP contribution in [0.25, 0.3) is 0 Å². The Bertz CT molecular complexity index is 319. The molecule has 0 bridgehead atoms. The molecule has 0 spiro atoms. The Morgan fingerprint density at radius 1 is 1.40 bits per heavy atom. The summed E-state index contributed by atoms with van der Waals surface area (Å²) in [7, 11) is 0. The second-order valence-corrected chi connectivity index (χ2v) is 3.53. The number of nitrogens with zero attached hydrogens (tertiary/aromatic N) is 3. The Labute approximate surface area is 92.6 Å². The van der Waals surface area contributed by atoms with E-state index in [1.54, 1.807) is 0 Å². The molecule has 15 heavy (non-hydrogen) atoms. The molecule has 0 fully saturated rings. The molecule has 1 rings (SSSR count). The molecule has 0 saturated carbocycles. The first kappa shape index (κ1) is 12.5. The lowest BCUT2D eigenvalue weighted by molar-refractivity contribution is -0.119. The maximum absolute atomic E-state index is 12.1. The number of hydrogen-bond acceptors (Lipinski definition) is 5. The van der Waals surface area contributed by atoms with E-state index in [1.165, 1.54) is 0 Å². The van der Waals surface area contributed by atoms with Crippen molar-refractivity contribution in [2.75, 3.05) is 24.6 Å². The summed E-state index contributed by atoms with van der Waals surface area (Å²) in [6.45, 7) is -1.81. The number of aliphatic hydroxyl groups excluding tert-OH is 1. The van der Waals surface area contributed by atoms with Crippen molar-refractivity contribution in [3.05, 3.63) is 5.15 Å². The fourth-order valence-corrected chi connectivity index (χ4v) is 1.74. The van der Waals surface area contributed by atoms with Gasteiger partial charge in [-0.2, -0.15) is 21.9 Å². The Hall–Kier alpha value is -0.600. The van der Waals surface area contributed by atoms with Gasteiger partial charge in [0.25, 0.3) is 0 Å². The monoisotopic (exact) mass is 261 g/mol. The maximum atomic E-state index is 12.1. The maximum Gasteiger partial charge on any atom is 0.405 e. The van der Waals surface area contributed by atoms with Crippen molar-refractivity contribution in [3.8, 4) is 0 Å². The minimum Gasteiger partial charge on any atom is -0.395 e. The molecule has 0 amide bonds. The average Bonchev–Trinajstić information content (AvgIpc) is 2.48. The summed E-state index contributed by atoms with van der Waals surface area (Å²) < 4.78 is 43.6. The van der Waals surface area contributed by atoms with Gasteiger partial charge in [0.05, 0.1) is 18.3 Å². The van der Waals surface area contributed by atoms with Crippen LogP contribution in [0.5, 0.6) is 0 Å². The van der Waals surface area contributed by atoms with E-state index in [9.17, 15) is 13.2 Å². The van der Waals surface area contributed by atoms with Crippen LogP contribution in [0.3, 0.4) is 0 Å². The van der Waals surface area contributed by atoms with Gasteiger partial charge in [-0.1, -0.05) is 11.6 Å². The van der Waals surface area contributed by atoms with Gasteiger partial charge in [-0.15, -0.1) is 0 Å². The third-order valence-electron chi connectivity index (χ3n) is 1.47.